The highest BCUT2D eigenvalue weighted by Crippen LogP contribution is 2.28. The Labute approximate surface area is 127 Å². The molecule has 4 heteroatoms. The second-order valence-corrected chi connectivity index (χ2v) is 5.71. The minimum absolute atomic E-state index is 0.315. The molecule has 0 atom stereocenters. The van der Waals surface area contributed by atoms with E-state index < -0.39 is 0 Å². The minimum Gasteiger partial charge on any atom is -0.462 e. The smallest absolute Gasteiger partial charge is 0.340 e. The Morgan fingerprint density at radius 3 is 2.81 bits per heavy atom. The molecule has 0 aliphatic heterocycles. The van der Waals surface area contributed by atoms with Crippen LogP contribution in [0.2, 0.25) is 0 Å². The molecule has 0 unspecified atom stereocenters. The molecule has 1 saturated carbocycles. The van der Waals surface area contributed by atoms with Gasteiger partial charge in [-0.25, -0.2) is 4.79 Å². The molecule has 4 nitrogen and oxygen atoms in total. The van der Waals surface area contributed by atoms with E-state index in [9.17, 15) is 4.79 Å². The van der Waals surface area contributed by atoms with Crippen LogP contribution >= 0.6 is 0 Å². The van der Waals surface area contributed by atoms with Crippen LogP contribution in [0.25, 0.3) is 0 Å². The average molecular weight is 290 g/mol. The number of nitrogens with two attached hydrogens (primary N) is 1. The summed E-state index contributed by atoms with van der Waals surface area (Å²) in [6, 6.07) is 5.36. The summed E-state index contributed by atoms with van der Waals surface area (Å²) < 4.78 is 5.09. The molecule has 21 heavy (non-hydrogen) atoms. The first-order valence-corrected chi connectivity index (χ1v) is 8.02. The molecule has 0 spiro atoms. The Morgan fingerprint density at radius 1 is 1.33 bits per heavy atom. The van der Waals surface area contributed by atoms with Gasteiger partial charge in [0.15, 0.2) is 0 Å². The maximum atomic E-state index is 12.0. The van der Waals surface area contributed by atoms with E-state index in [2.05, 4.69) is 5.32 Å². The third kappa shape index (κ3) is 4.38. The largest absolute Gasteiger partial charge is 0.462 e. The topological polar surface area (TPSA) is 64.3 Å². The number of esters is 1. The van der Waals surface area contributed by atoms with Gasteiger partial charge in [0, 0.05) is 6.54 Å². The molecule has 3 N–H and O–H groups in total. The Kier molecular flexibility index (Phi) is 5.90. The van der Waals surface area contributed by atoms with E-state index in [0.717, 1.165) is 18.9 Å². The van der Waals surface area contributed by atoms with E-state index in [4.69, 9.17) is 10.5 Å². The zero-order valence-corrected chi connectivity index (χ0v) is 12.9. The highest BCUT2D eigenvalue weighted by molar-refractivity contribution is 5.98. The average Bonchev–Trinajstić information content (AvgIpc) is 2.50. The normalized spacial score (nSPS) is 15.7. The summed E-state index contributed by atoms with van der Waals surface area (Å²) in [7, 11) is 0. The summed E-state index contributed by atoms with van der Waals surface area (Å²) in [4.78, 5) is 12.0. The second kappa shape index (κ2) is 7.91. The van der Waals surface area contributed by atoms with E-state index in [1.807, 2.05) is 6.07 Å². The zero-order valence-electron chi connectivity index (χ0n) is 12.9. The zero-order chi connectivity index (χ0) is 15.1. The number of ether oxygens (including phenoxy) is 1. The predicted octanol–water partition coefficient (Wildman–Crippen LogP) is 3.83. The van der Waals surface area contributed by atoms with E-state index >= 15 is 0 Å². The lowest BCUT2D eigenvalue weighted by atomic mass is 9.87. The monoisotopic (exact) mass is 290 g/mol. The van der Waals surface area contributed by atoms with Crippen molar-refractivity contribution >= 4 is 17.3 Å². The molecular weight excluding hydrogens is 264 g/mol. The molecule has 0 bridgehead atoms. The number of hydrogen-bond acceptors (Lipinski definition) is 4. The Morgan fingerprint density at radius 2 is 2.10 bits per heavy atom. The van der Waals surface area contributed by atoms with Crippen molar-refractivity contribution in [2.75, 3.05) is 24.2 Å². The van der Waals surface area contributed by atoms with E-state index in [1.165, 1.54) is 32.1 Å². The maximum Gasteiger partial charge on any atom is 0.340 e. The lowest BCUT2D eigenvalue weighted by Gasteiger charge is -2.22. The summed E-state index contributed by atoms with van der Waals surface area (Å²) in [5.74, 6) is 0.493. The standard InChI is InChI=1S/C17H26N2O2/c1-2-21-17(20)14-9-6-10-15(18)16(14)19-12-11-13-7-4-3-5-8-13/h6,9-10,13,19H,2-5,7-8,11-12,18H2,1H3. The molecule has 0 heterocycles. The van der Waals surface area contributed by atoms with Gasteiger partial charge in [-0.15, -0.1) is 0 Å². The van der Waals surface area contributed by atoms with Crippen molar-refractivity contribution in [2.45, 2.75) is 45.4 Å². The summed E-state index contributed by atoms with van der Waals surface area (Å²) in [6.07, 6.45) is 7.88. The number of anilines is 2. The Balaban J connectivity index is 1.96. The van der Waals surface area contributed by atoms with Crippen LogP contribution in [0.1, 0.15) is 55.8 Å². The van der Waals surface area contributed by atoms with Crippen LogP contribution in [0.4, 0.5) is 11.4 Å². The van der Waals surface area contributed by atoms with Gasteiger partial charge in [0.1, 0.15) is 0 Å². The molecule has 1 aliphatic carbocycles. The highest BCUT2D eigenvalue weighted by Gasteiger charge is 2.16. The van der Waals surface area contributed by atoms with Gasteiger partial charge in [-0.2, -0.15) is 0 Å². The van der Waals surface area contributed by atoms with Crippen LogP contribution in [-0.2, 0) is 4.74 Å². The molecule has 1 fully saturated rings. The molecule has 2 rings (SSSR count). The SMILES string of the molecule is CCOC(=O)c1cccc(N)c1NCCC1CCCCC1. The number of hydrogen-bond donors (Lipinski definition) is 2. The lowest BCUT2D eigenvalue weighted by Crippen LogP contribution is -2.15. The molecule has 0 amide bonds. The Hall–Kier alpha value is -1.71. The van der Waals surface area contributed by atoms with Gasteiger partial charge in [0.05, 0.1) is 23.5 Å². The Bertz CT molecular complexity index is 468. The van der Waals surface area contributed by atoms with Crippen LogP contribution in [0, 0.1) is 5.92 Å². The number of nitrogens with one attached hydrogen (secondary N) is 1. The quantitative estimate of drug-likeness (QED) is 0.617. The number of carbonyl (C=O) groups excluding carboxylic acids is 1. The summed E-state index contributed by atoms with van der Waals surface area (Å²) in [5, 5.41) is 3.34. The van der Waals surface area contributed by atoms with Crippen molar-refractivity contribution in [3.05, 3.63) is 23.8 Å². The van der Waals surface area contributed by atoms with Gasteiger partial charge in [0.25, 0.3) is 0 Å². The number of benzene rings is 1. The van der Waals surface area contributed by atoms with Crippen LogP contribution in [0.3, 0.4) is 0 Å². The molecule has 0 aromatic heterocycles. The fraction of sp³-hybridized carbons (Fsp3) is 0.588. The fourth-order valence-electron chi connectivity index (χ4n) is 3.02. The van der Waals surface area contributed by atoms with Crippen LogP contribution < -0.4 is 11.1 Å². The number of carbonyl (C=O) groups is 1. The van der Waals surface area contributed by atoms with Crippen LogP contribution in [0.5, 0.6) is 0 Å². The molecule has 1 aromatic rings. The molecule has 0 radical (unpaired) electrons. The summed E-state index contributed by atoms with van der Waals surface area (Å²) >= 11 is 0. The van der Waals surface area contributed by atoms with Gasteiger partial charge in [0.2, 0.25) is 0 Å². The third-order valence-electron chi connectivity index (χ3n) is 4.17. The number of rotatable bonds is 6. The van der Waals surface area contributed by atoms with E-state index in [-0.39, 0.29) is 5.97 Å². The highest BCUT2D eigenvalue weighted by atomic mass is 16.5. The third-order valence-corrected chi connectivity index (χ3v) is 4.17. The molecule has 0 saturated heterocycles. The van der Waals surface area contributed by atoms with Gasteiger partial charge in [-0.05, 0) is 31.4 Å². The molecular formula is C17H26N2O2. The minimum atomic E-state index is -0.315. The second-order valence-electron chi connectivity index (χ2n) is 5.71. The molecule has 1 aromatic carbocycles. The first-order valence-electron chi connectivity index (χ1n) is 8.02. The van der Waals surface area contributed by atoms with Crippen molar-refractivity contribution in [2.24, 2.45) is 5.92 Å². The maximum absolute atomic E-state index is 12.0. The van der Waals surface area contributed by atoms with E-state index in [1.54, 1.807) is 19.1 Å². The summed E-state index contributed by atoms with van der Waals surface area (Å²) in [6.45, 7) is 3.03. The predicted molar refractivity (Wildman–Crippen MR) is 86.5 cm³/mol. The van der Waals surface area contributed by atoms with E-state index in [0.29, 0.717) is 23.5 Å². The molecule has 1 aliphatic rings. The fourth-order valence-corrected chi connectivity index (χ4v) is 3.02. The lowest BCUT2D eigenvalue weighted by molar-refractivity contribution is 0.0527. The van der Waals surface area contributed by atoms with Gasteiger partial charge in [-0.3, -0.25) is 0 Å². The van der Waals surface area contributed by atoms with Crippen molar-refractivity contribution in [3.63, 3.8) is 0 Å². The van der Waals surface area contributed by atoms with Crippen molar-refractivity contribution in [1.29, 1.82) is 0 Å². The van der Waals surface area contributed by atoms with Crippen molar-refractivity contribution in [3.8, 4) is 0 Å². The van der Waals surface area contributed by atoms with Gasteiger partial charge in [-0.1, -0.05) is 38.2 Å². The molecule has 116 valence electrons. The summed E-state index contributed by atoms with van der Waals surface area (Å²) in [5.41, 5.74) is 7.85. The van der Waals surface area contributed by atoms with Crippen molar-refractivity contribution in [1.82, 2.24) is 0 Å². The van der Waals surface area contributed by atoms with Crippen LogP contribution in [-0.4, -0.2) is 19.1 Å². The van der Waals surface area contributed by atoms with Crippen molar-refractivity contribution < 1.29 is 9.53 Å². The van der Waals surface area contributed by atoms with Gasteiger partial charge < -0.3 is 15.8 Å². The first-order chi connectivity index (χ1) is 10.2. The van der Waals surface area contributed by atoms with Crippen LogP contribution in [0.15, 0.2) is 18.2 Å². The first kappa shape index (κ1) is 15.7. The number of para-hydroxylation sites is 1. The van der Waals surface area contributed by atoms with Gasteiger partial charge >= 0.3 is 5.97 Å². The number of nitrogen functional groups attached to an aromatic ring is 1.